The summed E-state index contributed by atoms with van der Waals surface area (Å²) in [6.45, 7) is 4.42. The number of hydrogen-bond acceptors (Lipinski definition) is 6. The van der Waals surface area contributed by atoms with E-state index in [2.05, 4.69) is 141 Å². The third-order valence-corrected chi connectivity index (χ3v) is 10.8. The maximum atomic E-state index is 12.8. The van der Waals surface area contributed by atoms with Crippen LogP contribution in [0.15, 0.2) is 134 Å². The fourth-order valence-corrected chi connectivity index (χ4v) is 6.72. The van der Waals surface area contributed by atoms with Crippen LogP contribution in [0.25, 0.3) is 0 Å². The Hall–Kier alpha value is -3.36. The van der Waals surface area contributed by atoms with Crippen molar-refractivity contribution in [3.8, 4) is 0 Å². The number of phosphoric acid groups is 1. The first kappa shape index (κ1) is 60.6. The van der Waals surface area contributed by atoms with Crippen molar-refractivity contribution < 1.29 is 32.9 Å². The Balaban J connectivity index is 4.29. The monoisotopic (exact) mass is 907 g/mol. The molecule has 362 valence electrons. The Morgan fingerprint density at radius 2 is 0.953 bits per heavy atom. The maximum absolute atomic E-state index is 12.8. The van der Waals surface area contributed by atoms with Gasteiger partial charge in [0.2, 0.25) is 5.91 Å². The van der Waals surface area contributed by atoms with Crippen molar-refractivity contribution in [2.45, 2.75) is 167 Å². The van der Waals surface area contributed by atoms with Gasteiger partial charge in [-0.25, -0.2) is 0 Å². The van der Waals surface area contributed by atoms with E-state index in [1.54, 1.807) is 6.08 Å². The maximum Gasteiger partial charge on any atom is 0.268 e. The summed E-state index contributed by atoms with van der Waals surface area (Å²) in [7, 11) is 1.20. The van der Waals surface area contributed by atoms with Gasteiger partial charge in [-0.15, -0.1) is 0 Å². The summed E-state index contributed by atoms with van der Waals surface area (Å²) in [4.78, 5) is 25.3. The minimum absolute atomic E-state index is 0.0178. The molecule has 0 saturated carbocycles. The number of nitrogens with one attached hydrogen (secondary N) is 1. The summed E-state index contributed by atoms with van der Waals surface area (Å²) in [5, 5.41) is 13.7. The highest BCUT2D eigenvalue weighted by Gasteiger charge is 2.23. The number of amides is 1. The van der Waals surface area contributed by atoms with Crippen LogP contribution in [0.4, 0.5) is 0 Å². The smallest absolute Gasteiger partial charge is 0.268 e. The van der Waals surface area contributed by atoms with Crippen molar-refractivity contribution in [3.63, 3.8) is 0 Å². The number of aliphatic hydroxyl groups excluding tert-OH is 1. The van der Waals surface area contributed by atoms with E-state index in [0.29, 0.717) is 17.4 Å². The van der Waals surface area contributed by atoms with Crippen LogP contribution in [-0.2, 0) is 18.4 Å². The molecule has 0 aromatic carbocycles. The molecule has 0 fully saturated rings. The number of quaternary nitrogens is 1. The first-order valence-electron chi connectivity index (χ1n) is 24.5. The molecular weight excluding hydrogens is 816 g/mol. The number of carbonyl (C=O) groups is 1. The predicted molar refractivity (Wildman–Crippen MR) is 274 cm³/mol. The minimum Gasteiger partial charge on any atom is -0.756 e. The number of unbranched alkanes of at least 4 members (excludes halogenated alkanes) is 9. The van der Waals surface area contributed by atoms with E-state index in [-0.39, 0.29) is 18.9 Å². The van der Waals surface area contributed by atoms with Crippen LogP contribution in [0, 0.1) is 0 Å². The van der Waals surface area contributed by atoms with E-state index in [9.17, 15) is 19.4 Å². The first-order chi connectivity index (χ1) is 31.0. The largest absolute Gasteiger partial charge is 0.756 e. The quantitative estimate of drug-likeness (QED) is 0.0273. The van der Waals surface area contributed by atoms with Crippen molar-refractivity contribution in [3.05, 3.63) is 134 Å². The third kappa shape index (κ3) is 46.6. The fourth-order valence-electron chi connectivity index (χ4n) is 6.00. The Morgan fingerprint density at radius 3 is 1.39 bits per heavy atom. The van der Waals surface area contributed by atoms with Gasteiger partial charge in [-0.05, 0) is 96.3 Å². The second-order valence-electron chi connectivity index (χ2n) is 17.1. The van der Waals surface area contributed by atoms with Gasteiger partial charge in [0.1, 0.15) is 13.2 Å². The number of phosphoric ester groups is 1. The molecule has 0 radical (unpaired) electrons. The molecule has 64 heavy (non-hydrogen) atoms. The Kier molecular flexibility index (Phi) is 42.5. The minimum atomic E-state index is -4.61. The predicted octanol–water partition coefficient (Wildman–Crippen LogP) is 13.8. The molecule has 0 rings (SSSR count). The second-order valence-corrected chi connectivity index (χ2v) is 18.5. The van der Waals surface area contributed by atoms with Crippen molar-refractivity contribution >= 4 is 13.7 Å². The zero-order chi connectivity index (χ0) is 47.1. The first-order valence-corrected chi connectivity index (χ1v) is 26.0. The molecule has 8 nitrogen and oxygen atoms in total. The van der Waals surface area contributed by atoms with Crippen molar-refractivity contribution in [1.82, 2.24) is 5.32 Å². The van der Waals surface area contributed by atoms with E-state index in [1.807, 2.05) is 27.2 Å². The lowest BCUT2D eigenvalue weighted by Crippen LogP contribution is -2.45. The number of allylic oxidation sites excluding steroid dienone is 21. The molecule has 9 heteroatoms. The highest BCUT2D eigenvalue weighted by atomic mass is 31.2. The van der Waals surface area contributed by atoms with Crippen LogP contribution in [0.3, 0.4) is 0 Å². The lowest BCUT2D eigenvalue weighted by Gasteiger charge is -2.29. The number of rotatable bonds is 42. The summed E-state index contributed by atoms with van der Waals surface area (Å²) in [6.07, 6.45) is 68.1. The molecule has 0 heterocycles. The van der Waals surface area contributed by atoms with E-state index < -0.39 is 26.6 Å². The summed E-state index contributed by atoms with van der Waals surface area (Å²) >= 11 is 0. The Morgan fingerprint density at radius 1 is 0.562 bits per heavy atom. The molecule has 0 spiro atoms. The van der Waals surface area contributed by atoms with Gasteiger partial charge < -0.3 is 28.8 Å². The number of hydrogen-bond donors (Lipinski definition) is 2. The fraction of sp³-hybridized carbons (Fsp3) is 0.582. The van der Waals surface area contributed by atoms with Gasteiger partial charge in [0.05, 0.1) is 39.9 Å². The highest BCUT2D eigenvalue weighted by molar-refractivity contribution is 7.45. The standard InChI is InChI=1S/C55H91N2O6P/c1-6-8-10-12-14-16-17-18-19-20-21-22-23-24-25-26-27-28-29-30-31-32-33-34-35-36-37-38-39-41-43-45-47-49-55(59)56-53(52-63-64(60,61)62-51-50-57(3,4)5)54(58)48-46-44-42-40-15-13-11-9-7-2/h8,10,14,16,18-19,21-22,24-25,27-28,30-31,33-34,36-37,39,41,46,48,53-54,58H,6-7,9,11-13,15,17,20,23,26,29,32,35,38,40,42-45,47,49-52H2,1-5H3,(H-,56,59,60,61)/b10-8-,16-14-,19-18-,22-21-,25-24-,28-27-,31-30-,34-33-,37-36-,41-39-,48-46+. The van der Waals surface area contributed by atoms with Gasteiger partial charge in [0.15, 0.2) is 0 Å². The van der Waals surface area contributed by atoms with Crippen molar-refractivity contribution in [1.29, 1.82) is 0 Å². The average molecular weight is 907 g/mol. The zero-order valence-electron chi connectivity index (χ0n) is 40.9. The lowest BCUT2D eigenvalue weighted by molar-refractivity contribution is -0.870. The van der Waals surface area contributed by atoms with Crippen LogP contribution in [-0.4, -0.2) is 68.5 Å². The molecule has 0 aromatic rings. The van der Waals surface area contributed by atoms with Gasteiger partial charge in [0, 0.05) is 6.42 Å². The van der Waals surface area contributed by atoms with Crippen LogP contribution < -0.4 is 10.2 Å². The number of nitrogens with zero attached hydrogens (tertiary/aromatic N) is 1. The third-order valence-electron chi connectivity index (χ3n) is 9.87. The molecule has 0 bridgehead atoms. The summed E-state index contributed by atoms with van der Waals surface area (Å²) < 4.78 is 23.1. The van der Waals surface area contributed by atoms with Crippen molar-refractivity contribution in [2.75, 3.05) is 40.9 Å². The van der Waals surface area contributed by atoms with Crippen LogP contribution in [0.2, 0.25) is 0 Å². The SMILES string of the molecule is CC/C=C\C/C=C\C/C=C\C/C=C\C/C=C\C/C=C\C/C=C\C/C=C\C/C=C\C/C=C\CCCCC(=O)NC(COP(=O)([O-])OCC[N+](C)(C)C)C(O)/C=C/CCCCCCCCC. The average Bonchev–Trinajstić information content (AvgIpc) is 3.25. The van der Waals surface area contributed by atoms with Gasteiger partial charge in [-0.1, -0.05) is 186 Å². The molecule has 2 N–H and O–H groups in total. The van der Waals surface area contributed by atoms with E-state index in [0.717, 1.165) is 96.3 Å². The molecule has 0 saturated heterocycles. The van der Waals surface area contributed by atoms with Gasteiger partial charge in [-0.3, -0.25) is 9.36 Å². The number of carbonyl (C=O) groups excluding carboxylic acids is 1. The van der Waals surface area contributed by atoms with Gasteiger partial charge in [0.25, 0.3) is 7.82 Å². The molecule has 0 aromatic heterocycles. The Bertz CT molecular complexity index is 1490. The van der Waals surface area contributed by atoms with Gasteiger partial charge in [-0.2, -0.15) is 0 Å². The molecule has 3 atom stereocenters. The number of aliphatic hydroxyl groups is 1. The lowest BCUT2D eigenvalue weighted by atomic mass is 10.1. The summed E-state index contributed by atoms with van der Waals surface area (Å²) in [5.74, 6) is -0.250. The molecule has 0 aliphatic heterocycles. The molecule has 3 unspecified atom stereocenters. The normalized spacial score (nSPS) is 15.3. The van der Waals surface area contributed by atoms with E-state index >= 15 is 0 Å². The van der Waals surface area contributed by atoms with Crippen LogP contribution in [0.5, 0.6) is 0 Å². The van der Waals surface area contributed by atoms with Crippen LogP contribution in [0.1, 0.15) is 155 Å². The zero-order valence-corrected chi connectivity index (χ0v) is 41.8. The van der Waals surface area contributed by atoms with Crippen LogP contribution >= 0.6 is 7.82 Å². The number of likely N-dealkylation sites (N-methyl/N-ethyl adjacent to an activating group) is 1. The summed E-state index contributed by atoms with van der Waals surface area (Å²) in [6, 6.07) is -0.918. The summed E-state index contributed by atoms with van der Waals surface area (Å²) in [5.41, 5.74) is 0. The molecule has 0 aliphatic carbocycles. The topological polar surface area (TPSA) is 108 Å². The van der Waals surface area contributed by atoms with Gasteiger partial charge >= 0.3 is 0 Å². The molecule has 0 aliphatic rings. The van der Waals surface area contributed by atoms with E-state index in [4.69, 9.17) is 9.05 Å². The Labute approximate surface area is 392 Å². The molecular formula is C55H91N2O6P. The van der Waals surface area contributed by atoms with Crippen molar-refractivity contribution in [2.24, 2.45) is 0 Å². The second kappa shape index (κ2) is 44.8. The highest BCUT2D eigenvalue weighted by Crippen LogP contribution is 2.38. The van der Waals surface area contributed by atoms with E-state index in [1.165, 1.54) is 32.1 Å². The molecule has 1 amide bonds.